The van der Waals surface area contributed by atoms with Crippen LogP contribution in [0.4, 0.5) is 5.69 Å². The van der Waals surface area contributed by atoms with Crippen LogP contribution in [-0.2, 0) is 0 Å². The van der Waals surface area contributed by atoms with Gasteiger partial charge in [0.15, 0.2) is 5.96 Å². The second-order valence-corrected chi connectivity index (χ2v) is 7.64. The van der Waals surface area contributed by atoms with Crippen molar-refractivity contribution in [3.63, 3.8) is 0 Å². The molecule has 0 radical (unpaired) electrons. The van der Waals surface area contributed by atoms with Crippen LogP contribution in [0.5, 0.6) is 0 Å². The third kappa shape index (κ3) is 4.66. The first-order valence-corrected chi connectivity index (χ1v) is 9.55. The maximum atomic E-state index is 10.3. The molecule has 1 aromatic heterocycles. The van der Waals surface area contributed by atoms with E-state index in [9.17, 15) is 5.11 Å². The molecular weight excluding hydrogens is 356 g/mol. The SMILES string of the molecule is CN=C(NCC(O)c1ccc(Cl)s1)N1CCN(c2ccccc2)CC1. The van der Waals surface area contributed by atoms with Crippen LogP contribution in [0.2, 0.25) is 4.34 Å². The number of para-hydroxylation sites is 1. The molecule has 2 heterocycles. The third-order valence-electron chi connectivity index (χ3n) is 4.29. The summed E-state index contributed by atoms with van der Waals surface area (Å²) in [4.78, 5) is 9.83. The normalized spacial score (nSPS) is 16.8. The number of hydrogen-bond acceptors (Lipinski definition) is 4. The van der Waals surface area contributed by atoms with Gasteiger partial charge >= 0.3 is 0 Å². The molecule has 134 valence electrons. The Balaban J connectivity index is 1.51. The van der Waals surface area contributed by atoms with E-state index in [2.05, 4.69) is 44.4 Å². The number of halogens is 1. The number of aliphatic hydroxyl groups is 1. The van der Waals surface area contributed by atoms with Crippen molar-refractivity contribution < 1.29 is 5.11 Å². The number of guanidine groups is 1. The van der Waals surface area contributed by atoms with Crippen LogP contribution >= 0.6 is 22.9 Å². The number of piperazine rings is 1. The molecule has 1 fully saturated rings. The van der Waals surface area contributed by atoms with Gasteiger partial charge in [0, 0.05) is 50.3 Å². The fourth-order valence-electron chi connectivity index (χ4n) is 2.94. The molecule has 1 unspecified atom stereocenters. The number of nitrogens with one attached hydrogen (secondary N) is 1. The van der Waals surface area contributed by atoms with Gasteiger partial charge in [-0.25, -0.2) is 0 Å². The zero-order valence-corrected chi connectivity index (χ0v) is 15.8. The predicted octanol–water partition coefficient (Wildman–Crippen LogP) is 2.83. The summed E-state index contributed by atoms with van der Waals surface area (Å²) in [5.41, 5.74) is 1.26. The molecule has 3 rings (SSSR count). The molecule has 0 amide bonds. The molecule has 1 aromatic carbocycles. The Kier molecular flexibility index (Phi) is 6.18. The van der Waals surface area contributed by atoms with E-state index in [0.717, 1.165) is 37.0 Å². The van der Waals surface area contributed by atoms with Crippen molar-refractivity contribution in [3.8, 4) is 0 Å². The monoisotopic (exact) mass is 378 g/mol. The fourth-order valence-corrected chi connectivity index (χ4v) is 3.99. The van der Waals surface area contributed by atoms with Crippen molar-refractivity contribution in [2.24, 2.45) is 4.99 Å². The Morgan fingerprint density at radius 2 is 1.92 bits per heavy atom. The number of benzene rings is 1. The molecule has 7 heteroatoms. The molecular formula is C18H23ClN4OS. The Labute approximate surface area is 157 Å². The first-order chi connectivity index (χ1) is 12.2. The van der Waals surface area contributed by atoms with Gasteiger partial charge in [-0.2, -0.15) is 0 Å². The maximum Gasteiger partial charge on any atom is 0.193 e. The van der Waals surface area contributed by atoms with E-state index in [1.807, 2.05) is 18.2 Å². The molecule has 1 saturated heterocycles. The minimum atomic E-state index is -0.583. The van der Waals surface area contributed by atoms with E-state index in [4.69, 9.17) is 11.6 Å². The third-order valence-corrected chi connectivity index (χ3v) is 5.62. The molecule has 0 aliphatic carbocycles. The summed E-state index contributed by atoms with van der Waals surface area (Å²) in [5.74, 6) is 0.828. The zero-order valence-electron chi connectivity index (χ0n) is 14.2. The first-order valence-electron chi connectivity index (χ1n) is 8.36. The molecule has 5 nitrogen and oxygen atoms in total. The van der Waals surface area contributed by atoms with E-state index in [0.29, 0.717) is 10.9 Å². The summed E-state index contributed by atoms with van der Waals surface area (Å²) in [6.45, 7) is 4.12. The van der Waals surface area contributed by atoms with E-state index < -0.39 is 6.10 Å². The Morgan fingerprint density at radius 1 is 1.20 bits per heavy atom. The number of thiophene rings is 1. The Hall–Kier alpha value is -1.76. The standard InChI is InChI=1S/C18H23ClN4OS/c1-20-18(21-13-15(24)16-7-8-17(19)25-16)23-11-9-22(10-12-23)14-5-3-2-4-6-14/h2-8,15,24H,9-13H2,1H3,(H,20,21). The molecule has 25 heavy (non-hydrogen) atoms. The average molecular weight is 379 g/mol. The van der Waals surface area contributed by atoms with Crippen LogP contribution in [0.3, 0.4) is 0 Å². The molecule has 1 aliphatic heterocycles. The summed E-state index contributed by atoms with van der Waals surface area (Å²) in [5, 5.41) is 13.5. The largest absolute Gasteiger partial charge is 0.386 e. The number of rotatable bonds is 4. The van der Waals surface area contributed by atoms with Crippen LogP contribution in [0.25, 0.3) is 0 Å². The molecule has 2 aromatic rings. The zero-order chi connectivity index (χ0) is 17.6. The average Bonchev–Trinajstić information content (AvgIpc) is 3.10. The molecule has 0 bridgehead atoms. The summed E-state index contributed by atoms with van der Waals surface area (Å²) >= 11 is 7.33. The van der Waals surface area contributed by atoms with Crippen LogP contribution in [0.15, 0.2) is 47.5 Å². The van der Waals surface area contributed by atoms with E-state index in [-0.39, 0.29) is 0 Å². The second kappa shape index (κ2) is 8.56. The Morgan fingerprint density at radius 3 is 2.52 bits per heavy atom. The highest BCUT2D eigenvalue weighted by Crippen LogP contribution is 2.26. The number of hydrogen-bond donors (Lipinski definition) is 2. The molecule has 2 N–H and O–H groups in total. The lowest BCUT2D eigenvalue weighted by molar-refractivity contribution is 0.183. The quantitative estimate of drug-likeness (QED) is 0.634. The second-order valence-electron chi connectivity index (χ2n) is 5.90. The molecule has 1 aliphatic rings. The van der Waals surface area contributed by atoms with Crippen LogP contribution in [0.1, 0.15) is 11.0 Å². The van der Waals surface area contributed by atoms with E-state index in [1.165, 1.54) is 17.0 Å². The highest BCUT2D eigenvalue weighted by Gasteiger charge is 2.20. The van der Waals surface area contributed by atoms with Gasteiger partial charge in [0.05, 0.1) is 4.34 Å². The van der Waals surface area contributed by atoms with Crippen LogP contribution in [-0.4, -0.2) is 55.7 Å². The first kappa shape index (κ1) is 18.0. The fraction of sp³-hybridized carbons (Fsp3) is 0.389. The van der Waals surface area contributed by atoms with Gasteiger partial charge in [-0.3, -0.25) is 4.99 Å². The van der Waals surface area contributed by atoms with Crippen molar-refractivity contribution in [3.05, 3.63) is 51.7 Å². The molecule has 1 atom stereocenters. The van der Waals surface area contributed by atoms with Gasteiger partial charge < -0.3 is 20.2 Å². The van der Waals surface area contributed by atoms with Crippen LogP contribution in [0, 0.1) is 0 Å². The molecule has 0 spiro atoms. The summed E-state index contributed by atoms with van der Waals surface area (Å²) < 4.78 is 0.690. The lowest BCUT2D eigenvalue weighted by Crippen LogP contribution is -2.53. The van der Waals surface area contributed by atoms with Gasteiger partial charge in [0.1, 0.15) is 6.10 Å². The van der Waals surface area contributed by atoms with Crippen molar-refractivity contribution in [1.82, 2.24) is 10.2 Å². The van der Waals surface area contributed by atoms with Crippen molar-refractivity contribution in [1.29, 1.82) is 0 Å². The summed E-state index contributed by atoms with van der Waals surface area (Å²) in [6.07, 6.45) is -0.583. The van der Waals surface area contributed by atoms with E-state index >= 15 is 0 Å². The number of nitrogens with zero attached hydrogens (tertiary/aromatic N) is 3. The number of anilines is 1. The van der Waals surface area contributed by atoms with Crippen molar-refractivity contribution in [2.45, 2.75) is 6.10 Å². The van der Waals surface area contributed by atoms with Gasteiger partial charge in [-0.15, -0.1) is 11.3 Å². The van der Waals surface area contributed by atoms with Gasteiger partial charge in [-0.1, -0.05) is 29.8 Å². The van der Waals surface area contributed by atoms with Crippen molar-refractivity contribution >= 4 is 34.6 Å². The van der Waals surface area contributed by atoms with Gasteiger partial charge in [0.2, 0.25) is 0 Å². The van der Waals surface area contributed by atoms with Gasteiger partial charge in [0.25, 0.3) is 0 Å². The Bertz CT molecular complexity index is 698. The van der Waals surface area contributed by atoms with Crippen LogP contribution < -0.4 is 10.2 Å². The lowest BCUT2D eigenvalue weighted by atomic mass is 10.2. The summed E-state index contributed by atoms with van der Waals surface area (Å²) in [7, 11) is 1.78. The topological polar surface area (TPSA) is 51.1 Å². The minimum Gasteiger partial charge on any atom is -0.386 e. The number of aliphatic imine (C=N–C) groups is 1. The smallest absolute Gasteiger partial charge is 0.193 e. The highest BCUT2D eigenvalue weighted by molar-refractivity contribution is 7.16. The maximum absolute atomic E-state index is 10.3. The van der Waals surface area contributed by atoms with Crippen molar-refractivity contribution in [2.75, 3.05) is 44.7 Å². The van der Waals surface area contributed by atoms with E-state index in [1.54, 1.807) is 7.05 Å². The number of aliphatic hydroxyl groups excluding tert-OH is 1. The minimum absolute atomic E-state index is 0.419. The predicted molar refractivity (Wildman–Crippen MR) is 106 cm³/mol. The lowest BCUT2D eigenvalue weighted by Gasteiger charge is -2.37. The summed E-state index contributed by atoms with van der Waals surface area (Å²) in [6, 6.07) is 14.1. The van der Waals surface area contributed by atoms with Gasteiger partial charge in [-0.05, 0) is 24.3 Å². The highest BCUT2D eigenvalue weighted by atomic mass is 35.5. The molecule has 0 saturated carbocycles.